The van der Waals surface area contributed by atoms with Crippen molar-refractivity contribution in [2.75, 3.05) is 13.2 Å². The highest BCUT2D eigenvalue weighted by molar-refractivity contribution is 5.88. The molecule has 2 aliphatic rings. The number of carbonyl (C=O) groups is 4. The molecule has 9 heteroatoms. The third kappa shape index (κ3) is 7.15. The van der Waals surface area contributed by atoms with Crippen molar-refractivity contribution in [1.82, 2.24) is 16.0 Å². The lowest BCUT2D eigenvalue weighted by atomic mass is 9.98. The number of rotatable bonds is 10. The average molecular weight is 570 g/mol. The van der Waals surface area contributed by atoms with Crippen LogP contribution in [0.2, 0.25) is 0 Å². The summed E-state index contributed by atoms with van der Waals surface area (Å²) in [5.41, 5.74) is 5.16. The van der Waals surface area contributed by atoms with E-state index in [9.17, 15) is 19.2 Å². The first-order valence-electron chi connectivity index (χ1n) is 14.4. The molecule has 1 aliphatic carbocycles. The molecule has 1 aliphatic heterocycles. The van der Waals surface area contributed by atoms with E-state index in [4.69, 9.17) is 9.47 Å². The molecule has 1 unspecified atom stereocenters. The number of hydrogen-bond donors (Lipinski definition) is 3. The van der Waals surface area contributed by atoms with Gasteiger partial charge in [-0.1, -0.05) is 78.9 Å². The van der Waals surface area contributed by atoms with Crippen molar-refractivity contribution in [1.29, 1.82) is 0 Å². The maximum Gasteiger partial charge on any atom is 0.407 e. The number of ether oxygens (including phenoxy) is 2. The quantitative estimate of drug-likeness (QED) is 0.315. The van der Waals surface area contributed by atoms with Gasteiger partial charge in [0.25, 0.3) is 0 Å². The fourth-order valence-electron chi connectivity index (χ4n) is 5.48. The minimum absolute atomic E-state index is 0.0159. The summed E-state index contributed by atoms with van der Waals surface area (Å²) in [6.07, 6.45) is 1.36. The van der Waals surface area contributed by atoms with Crippen LogP contribution in [0.4, 0.5) is 4.79 Å². The molecule has 0 radical (unpaired) electrons. The van der Waals surface area contributed by atoms with E-state index in [2.05, 4.69) is 28.1 Å². The average Bonchev–Trinajstić information content (AvgIpc) is 3.19. The Balaban J connectivity index is 1.21. The SMILES string of the molecule is O=C(CC[C@@H](NC(=O)OCC1c2ccccc2-c2ccccc21)C(=O)OCc1ccccc1)NC1CCCCNC1=O. The molecule has 3 aromatic rings. The second-order valence-corrected chi connectivity index (χ2v) is 10.6. The van der Waals surface area contributed by atoms with Crippen LogP contribution in [-0.2, 0) is 30.5 Å². The molecule has 3 N–H and O–H groups in total. The molecule has 1 heterocycles. The molecule has 5 rings (SSSR count). The molecule has 1 fully saturated rings. The van der Waals surface area contributed by atoms with E-state index in [0.29, 0.717) is 13.0 Å². The lowest BCUT2D eigenvalue weighted by Gasteiger charge is -2.20. The summed E-state index contributed by atoms with van der Waals surface area (Å²) in [6, 6.07) is 23.5. The third-order valence-corrected chi connectivity index (χ3v) is 7.67. The van der Waals surface area contributed by atoms with Gasteiger partial charge >= 0.3 is 12.1 Å². The van der Waals surface area contributed by atoms with Crippen LogP contribution in [-0.4, -0.2) is 49.1 Å². The van der Waals surface area contributed by atoms with Crippen molar-refractivity contribution in [2.24, 2.45) is 0 Å². The summed E-state index contributed by atoms with van der Waals surface area (Å²) in [4.78, 5) is 50.9. The van der Waals surface area contributed by atoms with E-state index >= 15 is 0 Å². The van der Waals surface area contributed by atoms with Gasteiger partial charge in [0.1, 0.15) is 25.3 Å². The second kappa shape index (κ2) is 13.8. The van der Waals surface area contributed by atoms with Gasteiger partial charge < -0.3 is 25.4 Å². The number of benzene rings is 3. The van der Waals surface area contributed by atoms with Gasteiger partial charge in [0, 0.05) is 18.9 Å². The van der Waals surface area contributed by atoms with Gasteiger partial charge in [-0.15, -0.1) is 0 Å². The summed E-state index contributed by atoms with van der Waals surface area (Å²) in [7, 11) is 0. The number of fused-ring (bicyclic) bond motifs is 3. The van der Waals surface area contributed by atoms with E-state index < -0.39 is 24.1 Å². The Morgan fingerprint density at radius 3 is 2.24 bits per heavy atom. The molecule has 0 bridgehead atoms. The summed E-state index contributed by atoms with van der Waals surface area (Å²) in [5.74, 6) is -1.40. The highest BCUT2D eigenvalue weighted by atomic mass is 16.6. The number of carbonyl (C=O) groups excluding carboxylic acids is 4. The van der Waals surface area contributed by atoms with Crippen molar-refractivity contribution in [3.63, 3.8) is 0 Å². The van der Waals surface area contributed by atoms with Crippen LogP contribution in [0.15, 0.2) is 78.9 Å². The van der Waals surface area contributed by atoms with E-state index in [1.165, 1.54) is 0 Å². The van der Waals surface area contributed by atoms with Crippen molar-refractivity contribution in [2.45, 2.75) is 56.7 Å². The molecule has 3 aromatic carbocycles. The Labute approximate surface area is 245 Å². The van der Waals surface area contributed by atoms with Gasteiger partial charge in [0.15, 0.2) is 0 Å². The summed E-state index contributed by atoms with van der Waals surface area (Å²) in [6.45, 7) is 0.699. The molecule has 218 valence electrons. The van der Waals surface area contributed by atoms with Crippen LogP contribution >= 0.6 is 0 Å². The van der Waals surface area contributed by atoms with Crippen LogP contribution < -0.4 is 16.0 Å². The molecule has 3 amide bonds. The van der Waals surface area contributed by atoms with E-state index in [-0.39, 0.29) is 43.8 Å². The monoisotopic (exact) mass is 569 g/mol. The Bertz CT molecular complexity index is 1380. The van der Waals surface area contributed by atoms with Crippen LogP contribution in [0.3, 0.4) is 0 Å². The lowest BCUT2D eigenvalue weighted by Crippen LogP contribution is -2.46. The second-order valence-electron chi connectivity index (χ2n) is 10.6. The van der Waals surface area contributed by atoms with E-state index in [0.717, 1.165) is 40.7 Å². The van der Waals surface area contributed by atoms with E-state index in [1.54, 1.807) is 0 Å². The first-order valence-corrected chi connectivity index (χ1v) is 14.4. The number of alkyl carbamates (subject to hydrolysis) is 1. The zero-order chi connectivity index (χ0) is 29.3. The minimum atomic E-state index is -1.11. The third-order valence-electron chi connectivity index (χ3n) is 7.67. The first kappa shape index (κ1) is 28.9. The highest BCUT2D eigenvalue weighted by Crippen LogP contribution is 2.44. The molecule has 9 nitrogen and oxygen atoms in total. The zero-order valence-electron chi connectivity index (χ0n) is 23.3. The van der Waals surface area contributed by atoms with Crippen molar-refractivity contribution >= 4 is 23.9 Å². The fourth-order valence-corrected chi connectivity index (χ4v) is 5.48. The van der Waals surface area contributed by atoms with Gasteiger partial charge in [0.2, 0.25) is 11.8 Å². The molecule has 42 heavy (non-hydrogen) atoms. The van der Waals surface area contributed by atoms with Crippen LogP contribution in [0.5, 0.6) is 0 Å². The maximum absolute atomic E-state index is 13.1. The van der Waals surface area contributed by atoms with Crippen LogP contribution in [0.25, 0.3) is 11.1 Å². The Hall–Kier alpha value is -4.66. The smallest absolute Gasteiger partial charge is 0.407 e. The number of esters is 1. The number of amides is 3. The largest absolute Gasteiger partial charge is 0.459 e. The molecule has 0 aromatic heterocycles. The Morgan fingerprint density at radius 2 is 1.52 bits per heavy atom. The van der Waals surface area contributed by atoms with Crippen molar-refractivity contribution in [3.8, 4) is 11.1 Å². The summed E-state index contributed by atoms with van der Waals surface area (Å²) >= 11 is 0. The van der Waals surface area contributed by atoms with Crippen LogP contribution in [0.1, 0.15) is 54.7 Å². The van der Waals surface area contributed by atoms with E-state index in [1.807, 2.05) is 66.7 Å². The molecule has 0 spiro atoms. The zero-order valence-corrected chi connectivity index (χ0v) is 23.3. The number of nitrogens with one attached hydrogen (secondary N) is 3. The summed E-state index contributed by atoms with van der Waals surface area (Å²) < 4.78 is 11.1. The Morgan fingerprint density at radius 1 is 0.857 bits per heavy atom. The fraction of sp³-hybridized carbons (Fsp3) is 0.333. The minimum Gasteiger partial charge on any atom is -0.459 e. The summed E-state index contributed by atoms with van der Waals surface area (Å²) in [5, 5.41) is 8.15. The molecular weight excluding hydrogens is 534 g/mol. The van der Waals surface area contributed by atoms with Gasteiger partial charge in [-0.2, -0.15) is 0 Å². The van der Waals surface area contributed by atoms with Gasteiger partial charge in [-0.05, 0) is 53.5 Å². The highest BCUT2D eigenvalue weighted by Gasteiger charge is 2.30. The maximum atomic E-state index is 13.1. The molecule has 0 saturated carbocycles. The number of hydrogen-bond acceptors (Lipinski definition) is 6. The normalized spacial score (nSPS) is 16.7. The topological polar surface area (TPSA) is 123 Å². The standard InChI is InChI=1S/C33H35N3O6/c37-30(35-28-16-8-9-19-34-31(28)38)18-17-29(32(39)41-20-22-10-2-1-3-11-22)36-33(40)42-21-27-25-14-6-4-12-23(25)24-13-5-7-15-26(24)27/h1-7,10-15,27-29H,8-9,16-21H2,(H,34,38)(H,35,37)(H,36,40)/t28?,29-/m1/s1. The first-order chi connectivity index (χ1) is 20.5. The molecule has 2 atom stereocenters. The lowest BCUT2D eigenvalue weighted by molar-refractivity contribution is -0.147. The molecular formula is C33H35N3O6. The Kier molecular flexibility index (Phi) is 9.48. The van der Waals surface area contributed by atoms with Gasteiger partial charge in [0.05, 0.1) is 0 Å². The van der Waals surface area contributed by atoms with Crippen molar-refractivity contribution < 1.29 is 28.7 Å². The predicted octanol–water partition coefficient (Wildman–Crippen LogP) is 4.20. The predicted molar refractivity (Wildman–Crippen MR) is 156 cm³/mol. The van der Waals surface area contributed by atoms with Crippen molar-refractivity contribution in [3.05, 3.63) is 95.6 Å². The van der Waals surface area contributed by atoms with Gasteiger partial charge in [-0.25, -0.2) is 9.59 Å². The molecule has 1 saturated heterocycles. The van der Waals surface area contributed by atoms with Gasteiger partial charge in [-0.3, -0.25) is 9.59 Å². The van der Waals surface area contributed by atoms with Crippen LogP contribution in [0, 0.1) is 0 Å².